The molecule has 0 fully saturated rings. The Morgan fingerprint density at radius 2 is 1.74 bits per heavy atom. The van der Waals surface area contributed by atoms with Crippen molar-refractivity contribution in [3.63, 3.8) is 0 Å². The number of hydrogen-bond donors (Lipinski definition) is 1. The highest BCUT2D eigenvalue weighted by atomic mass is 35.5. The van der Waals surface area contributed by atoms with Crippen molar-refractivity contribution in [2.75, 3.05) is 6.61 Å². The highest BCUT2D eigenvalue weighted by Crippen LogP contribution is 2.25. The summed E-state index contributed by atoms with van der Waals surface area (Å²) in [5.41, 5.74) is 1.21. The SMILES string of the molecule is OCC(Cc1cccc(Cl)c1F)c1ccc(F)cc1. The summed E-state index contributed by atoms with van der Waals surface area (Å²) >= 11 is 5.72. The average molecular weight is 283 g/mol. The van der Waals surface area contributed by atoms with Crippen LogP contribution in [0.2, 0.25) is 5.02 Å². The molecule has 0 bridgehead atoms. The van der Waals surface area contributed by atoms with Crippen molar-refractivity contribution in [1.29, 1.82) is 0 Å². The lowest BCUT2D eigenvalue weighted by Crippen LogP contribution is -2.09. The molecule has 0 spiro atoms. The number of aliphatic hydroxyl groups excluding tert-OH is 1. The van der Waals surface area contributed by atoms with E-state index in [0.717, 1.165) is 5.56 Å². The molecule has 0 aromatic heterocycles. The van der Waals surface area contributed by atoms with E-state index in [4.69, 9.17) is 11.6 Å². The quantitative estimate of drug-likeness (QED) is 0.901. The van der Waals surface area contributed by atoms with Crippen LogP contribution < -0.4 is 0 Å². The van der Waals surface area contributed by atoms with Crippen molar-refractivity contribution in [3.8, 4) is 0 Å². The fraction of sp³-hybridized carbons (Fsp3) is 0.200. The Kier molecular flexibility index (Phi) is 4.51. The smallest absolute Gasteiger partial charge is 0.144 e. The molecule has 0 aliphatic heterocycles. The zero-order valence-electron chi connectivity index (χ0n) is 10.1. The van der Waals surface area contributed by atoms with Crippen molar-refractivity contribution in [1.82, 2.24) is 0 Å². The van der Waals surface area contributed by atoms with Crippen LogP contribution in [0.1, 0.15) is 17.0 Å². The molecule has 0 radical (unpaired) electrons. The molecular weight excluding hydrogens is 270 g/mol. The molecule has 0 aliphatic carbocycles. The van der Waals surface area contributed by atoms with Crippen molar-refractivity contribution in [2.45, 2.75) is 12.3 Å². The first-order chi connectivity index (χ1) is 9.11. The first kappa shape index (κ1) is 14.0. The van der Waals surface area contributed by atoms with Crippen molar-refractivity contribution >= 4 is 11.6 Å². The Hall–Kier alpha value is -1.45. The minimum absolute atomic E-state index is 0.0632. The first-order valence-electron chi connectivity index (χ1n) is 5.91. The van der Waals surface area contributed by atoms with Crippen LogP contribution in [0.5, 0.6) is 0 Å². The van der Waals surface area contributed by atoms with Gasteiger partial charge in [-0.3, -0.25) is 0 Å². The number of benzene rings is 2. The Morgan fingerprint density at radius 1 is 1.05 bits per heavy atom. The molecule has 100 valence electrons. The molecule has 1 atom stereocenters. The van der Waals surface area contributed by atoms with Gasteiger partial charge in [-0.25, -0.2) is 8.78 Å². The maximum absolute atomic E-state index is 13.8. The standard InChI is InChI=1S/C15H13ClF2O/c16-14-3-1-2-11(15(14)18)8-12(9-19)10-4-6-13(17)7-5-10/h1-7,12,19H,8-9H2. The average Bonchev–Trinajstić information content (AvgIpc) is 2.42. The van der Waals surface area contributed by atoms with Crippen LogP contribution in [-0.2, 0) is 6.42 Å². The monoisotopic (exact) mass is 282 g/mol. The molecule has 19 heavy (non-hydrogen) atoms. The van der Waals surface area contributed by atoms with Gasteiger partial charge in [0.15, 0.2) is 0 Å². The maximum atomic E-state index is 13.8. The summed E-state index contributed by atoms with van der Waals surface area (Å²) in [6.45, 7) is -0.141. The van der Waals surface area contributed by atoms with Gasteiger partial charge in [-0.1, -0.05) is 35.9 Å². The Bertz CT molecular complexity index is 555. The van der Waals surface area contributed by atoms with E-state index in [9.17, 15) is 13.9 Å². The van der Waals surface area contributed by atoms with Crippen LogP contribution in [-0.4, -0.2) is 11.7 Å². The van der Waals surface area contributed by atoms with E-state index in [-0.39, 0.29) is 23.4 Å². The second-order valence-corrected chi connectivity index (χ2v) is 4.76. The molecule has 1 unspecified atom stereocenters. The summed E-state index contributed by atoms with van der Waals surface area (Å²) < 4.78 is 26.7. The third-order valence-electron chi connectivity index (χ3n) is 3.06. The van der Waals surface area contributed by atoms with E-state index < -0.39 is 5.82 Å². The predicted octanol–water partition coefficient (Wildman–Crippen LogP) is 3.94. The predicted molar refractivity (Wildman–Crippen MR) is 71.3 cm³/mol. The van der Waals surface area contributed by atoms with Crippen LogP contribution in [0.3, 0.4) is 0 Å². The van der Waals surface area contributed by atoms with Crippen LogP contribution >= 0.6 is 11.6 Å². The molecular formula is C15H13ClF2O. The molecule has 0 aliphatic rings. The summed E-state index contributed by atoms with van der Waals surface area (Å²) in [4.78, 5) is 0. The largest absolute Gasteiger partial charge is 0.396 e. The van der Waals surface area contributed by atoms with E-state index >= 15 is 0 Å². The molecule has 0 heterocycles. The van der Waals surface area contributed by atoms with Gasteiger partial charge in [0, 0.05) is 5.92 Å². The molecule has 0 saturated carbocycles. The number of halogens is 3. The Balaban J connectivity index is 2.24. The molecule has 0 amide bonds. The van der Waals surface area contributed by atoms with Crippen molar-refractivity contribution in [2.24, 2.45) is 0 Å². The number of rotatable bonds is 4. The van der Waals surface area contributed by atoms with Gasteiger partial charge >= 0.3 is 0 Å². The Morgan fingerprint density at radius 3 is 2.37 bits per heavy atom. The van der Waals surface area contributed by atoms with E-state index in [2.05, 4.69) is 0 Å². The normalized spacial score (nSPS) is 12.4. The lowest BCUT2D eigenvalue weighted by atomic mass is 9.92. The van der Waals surface area contributed by atoms with E-state index in [1.54, 1.807) is 24.3 Å². The third-order valence-corrected chi connectivity index (χ3v) is 3.35. The zero-order valence-corrected chi connectivity index (χ0v) is 10.9. The lowest BCUT2D eigenvalue weighted by Gasteiger charge is -2.15. The molecule has 2 aromatic carbocycles. The molecule has 1 N–H and O–H groups in total. The van der Waals surface area contributed by atoms with Gasteiger partial charge in [0.05, 0.1) is 11.6 Å². The van der Waals surface area contributed by atoms with Gasteiger partial charge in [-0.15, -0.1) is 0 Å². The highest BCUT2D eigenvalue weighted by Gasteiger charge is 2.15. The van der Waals surface area contributed by atoms with Crippen LogP contribution in [0.4, 0.5) is 8.78 Å². The van der Waals surface area contributed by atoms with Gasteiger partial charge in [0.25, 0.3) is 0 Å². The summed E-state index contributed by atoms with van der Waals surface area (Å²) in [6, 6.07) is 10.6. The minimum Gasteiger partial charge on any atom is -0.396 e. The van der Waals surface area contributed by atoms with Gasteiger partial charge in [0.2, 0.25) is 0 Å². The van der Waals surface area contributed by atoms with Crippen molar-refractivity contribution in [3.05, 3.63) is 70.2 Å². The maximum Gasteiger partial charge on any atom is 0.144 e. The highest BCUT2D eigenvalue weighted by molar-refractivity contribution is 6.30. The molecule has 2 aromatic rings. The molecule has 2 rings (SSSR count). The second kappa shape index (κ2) is 6.13. The molecule has 4 heteroatoms. The van der Waals surface area contributed by atoms with Crippen LogP contribution in [0.25, 0.3) is 0 Å². The summed E-state index contributed by atoms with van der Waals surface area (Å²) in [6.07, 6.45) is 0.314. The zero-order chi connectivity index (χ0) is 13.8. The Labute approximate surface area is 115 Å². The summed E-state index contributed by atoms with van der Waals surface area (Å²) in [7, 11) is 0. The fourth-order valence-electron chi connectivity index (χ4n) is 1.99. The van der Waals surface area contributed by atoms with Gasteiger partial charge < -0.3 is 5.11 Å². The number of hydrogen-bond acceptors (Lipinski definition) is 1. The van der Waals surface area contributed by atoms with Gasteiger partial charge in [-0.05, 0) is 35.7 Å². The minimum atomic E-state index is -0.468. The lowest BCUT2D eigenvalue weighted by molar-refractivity contribution is 0.263. The topological polar surface area (TPSA) is 20.2 Å². The molecule has 1 nitrogen and oxygen atoms in total. The van der Waals surface area contributed by atoms with Gasteiger partial charge in [0.1, 0.15) is 11.6 Å². The van der Waals surface area contributed by atoms with Crippen molar-refractivity contribution < 1.29 is 13.9 Å². The van der Waals surface area contributed by atoms with E-state index in [1.807, 2.05) is 0 Å². The van der Waals surface area contributed by atoms with E-state index in [1.165, 1.54) is 18.2 Å². The molecule has 0 saturated heterocycles. The summed E-state index contributed by atoms with van der Waals surface area (Å²) in [5.74, 6) is -1.09. The summed E-state index contributed by atoms with van der Waals surface area (Å²) in [5, 5.41) is 9.48. The van der Waals surface area contributed by atoms with E-state index in [0.29, 0.717) is 12.0 Å². The van der Waals surface area contributed by atoms with Crippen LogP contribution in [0, 0.1) is 11.6 Å². The number of aliphatic hydroxyl groups is 1. The van der Waals surface area contributed by atoms with Crippen LogP contribution in [0.15, 0.2) is 42.5 Å². The van der Waals surface area contributed by atoms with Gasteiger partial charge in [-0.2, -0.15) is 0 Å². The first-order valence-corrected chi connectivity index (χ1v) is 6.29. The second-order valence-electron chi connectivity index (χ2n) is 4.35. The fourth-order valence-corrected chi connectivity index (χ4v) is 2.19. The third kappa shape index (κ3) is 3.31.